The van der Waals surface area contributed by atoms with Crippen molar-refractivity contribution in [2.75, 3.05) is 6.61 Å². The maximum atomic E-state index is 12.3. The number of carbonyl (C=O) groups excluding carboxylic acids is 1. The highest BCUT2D eigenvalue weighted by molar-refractivity contribution is 5.76. The smallest absolute Gasteiger partial charge is 0.227 e. The zero-order chi connectivity index (χ0) is 16.3. The van der Waals surface area contributed by atoms with Crippen molar-refractivity contribution in [1.82, 2.24) is 15.5 Å². The van der Waals surface area contributed by atoms with E-state index in [1.807, 2.05) is 0 Å². The molecule has 2 aliphatic carbocycles. The molecule has 0 aromatic carbocycles. The normalized spacial score (nSPS) is 26.0. The van der Waals surface area contributed by atoms with Gasteiger partial charge in [0, 0.05) is 30.9 Å². The molecule has 23 heavy (non-hydrogen) atoms. The number of ether oxygens (including phenoxy) is 1. The molecule has 1 aromatic heterocycles. The van der Waals surface area contributed by atoms with Crippen LogP contribution < -0.4 is 5.32 Å². The van der Waals surface area contributed by atoms with Crippen LogP contribution in [0.2, 0.25) is 0 Å². The molecular weight excluding hydrogens is 294 g/mol. The Hall–Kier alpha value is -1.43. The third-order valence-corrected chi connectivity index (χ3v) is 5.41. The minimum absolute atomic E-state index is 0.0748. The van der Waals surface area contributed by atoms with Crippen molar-refractivity contribution in [3.05, 3.63) is 11.7 Å². The van der Waals surface area contributed by atoms with Crippen LogP contribution in [0.5, 0.6) is 0 Å². The average molecular weight is 321 g/mol. The van der Waals surface area contributed by atoms with Gasteiger partial charge < -0.3 is 14.6 Å². The molecule has 1 aromatic rings. The predicted molar refractivity (Wildman–Crippen MR) is 84.8 cm³/mol. The molecule has 1 spiro atoms. The Labute approximate surface area is 137 Å². The van der Waals surface area contributed by atoms with E-state index in [0.717, 1.165) is 13.0 Å². The first-order valence-corrected chi connectivity index (χ1v) is 8.84. The number of hydrogen-bond donors (Lipinski definition) is 1. The molecule has 0 aliphatic heterocycles. The van der Waals surface area contributed by atoms with E-state index in [-0.39, 0.29) is 17.4 Å². The first-order valence-electron chi connectivity index (χ1n) is 8.84. The topological polar surface area (TPSA) is 77.2 Å². The minimum Gasteiger partial charge on any atom is -0.378 e. The van der Waals surface area contributed by atoms with Crippen LogP contribution in [-0.4, -0.2) is 34.8 Å². The molecule has 6 nitrogen and oxygen atoms in total. The molecule has 6 heteroatoms. The Morgan fingerprint density at radius 1 is 1.39 bits per heavy atom. The van der Waals surface area contributed by atoms with Gasteiger partial charge in [0.25, 0.3) is 0 Å². The maximum absolute atomic E-state index is 12.3. The van der Waals surface area contributed by atoms with Gasteiger partial charge in [-0.25, -0.2) is 0 Å². The lowest BCUT2D eigenvalue weighted by atomic mass is 9.55. The first-order chi connectivity index (χ1) is 11.1. The molecule has 1 heterocycles. The summed E-state index contributed by atoms with van der Waals surface area (Å²) in [4.78, 5) is 16.4. The van der Waals surface area contributed by atoms with Gasteiger partial charge in [-0.1, -0.05) is 24.4 Å². The summed E-state index contributed by atoms with van der Waals surface area (Å²) < 4.78 is 11.0. The van der Waals surface area contributed by atoms with Crippen LogP contribution in [0, 0.1) is 12.3 Å². The molecule has 1 N–H and O–H groups in total. The van der Waals surface area contributed by atoms with Gasteiger partial charge in [0.05, 0.1) is 6.10 Å². The van der Waals surface area contributed by atoms with Crippen LogP contribution in [0.15, 0.2) is 4.52 Å². The molecule has 2 fully saturated rings. The largest absolute Gasteiger partial charge is 0.378 e. The number of nitrogens with zero attached hydrogens (tertiary/aromatic N) is 2. The van der Waals surface area contributed by atoms with Crippen LogP contribution in [0.4, 0.5) is 0 Å². The fraction of sp³-hybridized carbons (Fsp3) is 0.824. The van der Waals surface area contributed by atoms with Gasteiger partial charge >= 0.3 is 0 Å². The lowest BCUT2D eigenvalue weighted by Crippen LogP contribution is -2.65. The van der Waals surface area contributed by atoms with E-state index in [1.54, 1.807) is 6.92 Å². The van der Waals surface area contributed by atoms with Crippen molar-refractivity contribution in [1.29, 1.82) is 0 Å². The van der Waals surface area contributed by atoms with Crippen molar-refractivity contribution in [2.24, 2.45) is 5.41 Å². The molecule has 3 rings (SSSR count). The third-order valence-electron chi connectivity index (χ3n) is 5.41. The minimum atomic E-state index is 0.0748. The summed E-state index contributed by atoms with van der Waals surface area (Å²) in [5.74, 6) is 1.22. The number of carbonyl (C=O) groups is 1. The van der Waals surface area contributed by atoms with Gasteiger partial charge in [-0.2, -0.15) is 4.98 Å². The first kappa shape index (κ1) is 16.4. The molecule has 128 valence electrons. The van der Waals surface area contributed by atoms with Crippen molar-refractivity contribution >= 4 is 5.91 Å². The van der Waals surface area contributed by atoms with E-state index in [1.165, 1.54) is 32.1 Å². The fourth-order valence-electron chi connectivity index (χ4n) is 4.19. The van der Waals surface area contributed by atoms with Crippen molar-refractivity contribution < 1.29 is 14.1 Å². The molecule has 0 bridgehead atoms. The van der Waals surface area contributed by atoms with Crippen LogP contribution in [0.1, 0.15) is 63.6 Å². The molecule has 1 amide bonds. The van der Waals surface area contributed by atoms with Crippen molar-refractivity contribution in [3.63, 3.8) is 0 Å². The molecular formula is C17H27N3O3. The molecule has 2 aliphatic rings. The lowest BCUT2D eigenvalue weighted by molar-refractivity contribution is -0.157. The van der Waals surface area contributed by atoms with Gasteiger partial charge in [-0.3, -0.25) is 4.79 Å². The Kier molecular flexibility index (Phi) is 4.99. The highest BCUT2D eigenvalue weighted by Gasteiger charge is 2.55. The summed E-state index contributed by atoms with van der Waals surface area (Å²) in [5, 5.41) is 6.98. The second-order valence-corrected chi connectivity index (χ2v) is 6.83. The van der Waals surface area contributed by atoms with Crippen molar-refractivity contribution in [3.8, 4) is 0 Å². The highest BCUT2D eigenvalue weighted by Crippen LogP contribution is 2.53. The van der Waals surface area contributed by atoms with Gasteiger partial charge in [-0.15, -0.1) is 0 Å². The second-order valence-electron chi connectivity index (χ2n) is 6.83. The second kappa shape index (κ2) is 6.99. The third kappa shape index (κ3) is 3.42. The standard InChI is InChI=1S/C17H27N3O3/c1-3-22-14-11-13(17(14)9-5-4-6-10-17)19-15(21)7-8-16-18-12(2)20-23-16/h13-14H,3-11H2,1-2H3,(H,19,21)/t13-,14-/m1/s1. The molecule has 2 atom stereocenters. The van der Waals surface area contributed by atoms with E-state index < -0.39 is 0 Å². The number of hydrogen-bond acceptors (Lipinski definition) is 5. The molecule has 0 saturated heterocycles. The fourth-order valence-corrected chi connectivity index (χ4v) is 4.19. The van der Waals surface area contributed by atoms with Gasteiger partial charge in [0.2, 0.25) is 11.8 Å². The number of amides is 1. The number of rotatable bonds is 6. The number of aryl methyl sites for hydroxylation is 2. The summed E-state index contributed by atoms with van der Waals surface area (Å²) in [6.07, 6.45) is 8.30. The van der Waals surface area contributed by atoms with Crippen LogP contribution in [-0.2, 0) is 16.0 Å². The summed E-state index contributed by atoms with van der Waals surface area (Å²) in [6, 6.07) is 0.260. The Balaban J connectivity index is 1.53. The Morgan fingerprint density at radius 3 is 2.83 bits per heavy atom. The Morgan fingerprint density at radius 2 is 2.17 bits per heavy atom. The van der Waals surface area contributed by atoms with E-state index in [2.05, 4.69) is 22.4 Å². The van der Waals surface area contributed by atoms with E-state index in [9.17, 15) is 4.79 Å². The monoisotopic (exact) mass is 321 g/mol. The quantitative estimate of drug-likeness (QED) is 0.871. The number of nitrogens with one attached hydrogen (secondary N) is 1. The van der Waals surface area contributed by atoms with Crippen molar-refractivity contribution in [2.45, 2.75) is 77.4 Å². The lowest BCUT2D eigenvalue weighted by Gasteiger charge is -2.57. The number of aromatic nitrogens is 2. The predicted octanol–water partition coefficient (Wildman–Crippen LogP) is 2.55. The molecule has 0 radical (unpaired) electrons. The summed E-state index contributed by atoms with van der Waals surface area (Å²) >= 11 is 0. The average Bonchev–Trinajstić information content (AvgIpc) is 2.98. The van der Waals surface area contributed by atoms with Gasteiger partial charge in [0.1, 0.15) is 0 Å². The zero-order valence-corrected chi connectivity index (χ0v) is 14.1. The molecule has 0 unspecified atom stereocenters. The summed E-state index contributed by atoms with van der Waals surface area (Å²) in [6.45, 7) is 4.58. The van der Waals surface area contributed by atoms with E-state index in [4.69, 9.17) is 9.26 Å². The van der Waals surface area contributed by atoms with Crippen LogP contribution in [0.3, 0.4) is 0 Å². The Bertz CT molecular complexity index is 537. The summed E-state index contributed by atoms with van der Waals surface area (Å²) in [5.41, 5.74) is 0.172. The van der Waals surface area contributed by atoms with E-state index >= 15 is 0 Å². The zero-order valence-electron chi connectivity index (χ0n) is 14.1. The van der Waals surface area contributed by atoms with Crippen LogP contribution in [0.25, 0.3) is 0 Å². The van der Waals surface area contributed by atoms with Gasteiger partial charge in [-0.05, 0) is 33.1 Å². The maximum Gasteiger partial charge on any atom is 0.227 e. The van der Waals surface area contributed by atoms with E-state index in [0.29, 0.717) is 30.7 Å². The van der Waals surface area contributed by atoms with Crippen LogP contribution >= 0.6 is 0 Å². The summed E-state index contributed by atoms with van der Waals surface area (Å²) in [7, 11) is 0. The SMILES string of the molecule is CCO[C@@H]1C[C@@H](NC(=O)CCc2nc(C)no2)C12CCCCC2. The molecule has 2 saturated carbocycles. The highest BCUT2D eigenvalue weighted by atomic mass is 16.5. The van der Waals surface area contributed by atoms with Gasteiger partial charge in [0.15, 0.2) is 5.82 Å².